The van der Waals surface area contributed by atoms with Gasteiger partial charge in [0.15, 0.2) is 0 Å². The van der Waals surface area contributed by atoms with Crippen LogP contribution in [0.3, 0.4) is 0 Å². The lowest BCUT2D eigenvalue weighted by Crippen LogP contribution is -2.41. The number of rotatable bonds is 4. The highest BCUT2D eigenvalue weighted by Crippen LogP contribution is 2.37. The van der Waals surface area contributed by atoms with Gasteiger partial charge < -0.3 is 0 Å². The maximum Gasteiger partial charge on any atom is 0.0790 e. The first kappa shape index (κ1) is 12.6. The summed E-state index contributed by atoms with van der Waals surface area (Å²) < 4.78 is 1.18. The molecule has 0 unspecified atom stereocenters. The van der Waals surface area contributed by atoms with Gasteiger partial charge >= 0.3 is 0 Å². The fourth-order valence-corrected chi connectivity index (χ4v) is 3.36. The standard InChI is InChI=1S/C15H20BrNO/c16-13-5-3-4-11(8-13)12-9-14(10-12)17-18-15-6-1-2-7-15/h3-5,8,12,14-15,17H,1-2,6-7,9-10H2. The highest BCUT2D eigenvalue weighted by Gasteiger charge is 2.31. The van der Waals surface area contributed by atoms with Crippen LogP contribution in [0.25, 0.3) is 0 Å². The van der Waals surface area contributed by atoms with E-state index in [4.69, 9.17) is 4.84 Å². The third kappa shape index (κ3) is 2.95. The third-order valence-electron chi connectivity index (χ3n) is 4.16. The molecule has 0 radical (unpaired) electrons. The summed E-state index contributed by atoms with van der Waals surface area (Å²) in [5.41, 5.74) is 4.71. The van der Waals surface area contributed by atoms with E-state index in [1.807, 2.05) is 0 Å². The SMILES string of the molecule is Brc1cccc(C2CC(NOC3CCCC3)C2)c1. The molecule has 0 amide bonds. The summed E-state index contributed by atoms with van der Waals surface area (Å²) in [6, 6.07) is 9.22. The highest BCUT2D eigenvalue weighted by atomic mass is 79.9. The molecule has 2 saturated carbocycles. The number of halogens is 1. The summed E-state index contributed by atoms with van der Waals surface area (Å²) in [5.74, 6) is 0.701. The Bertz CT molecular complexity index is 397. The smallest absolute Gasteiger partial charge is 0.0790 e. The zero-order chi connectivity index (χ0) is 12.4. The van der Waals surface area contributed by atoms with Crippen molar-refractivity contribution in [2.45, 2.75) is 56.6 Å². The molecule has 18 heavy (non-hydrogen) atoms. The predicted molar refractivity (Wildman–Crippen MR) is 76.4 cm³/mol. The molecule has 0 atom stereocenters. The summed E-state index contributed by atoms with van der Waals surface area (Å²) in [5, 5.41) is 0. The predicted octanol–water partition coefficient (Wildman–Crippen LogP) is 4.16. The fraction of sp³-hybridized carbons (Fsp3) is 0.600. The van der Waals surface area contributed by atoms with E-state index in [0.717, 1.165) is 0 Å². The average molecular weight is 310 g/mol. The first-order valence-electron chi connectivity index (χ1n) is 6.98. The van der Waals surface area contributed by atoms with Crippen molar-refractivity contribution in [2.24, 2.45) is 0 Å². The first-order valence-corrected chi connectivity index (χ1v) is 7.77. The summed E-state index contributed by atoms with van der Waals surface area (Å²) in [4.78, 5) is 5.76. The Morgan fingerprint density at radius 2 is 1.94 bits per heavy atom. The van der Waals surface area contributed by atoms with Crippen molar-refractivity contribution in [3.63, 3.8) is 0 Å². The molecule has 2 aliphatic rings. The Morgan fingerprint density at radius 3 is 2.67 bits per heavy atom. The van der Waals surface area contributed by atoms with Crippen LogP contribution in [0.1, 0.15) is 50.0 Å². The van der Waals surface area contributed by atoms with Gasteiger partial charge in [0.2, 0.25) is 0 Å². The minimum absolute atomic E-state index is 0.468. The molecule has 3 rings (SSSR count). The van der Waals surface area contributed by atoms with Crippen molar-refractivity contribution < 1.29 is 4.84 Å². The monoisotopic (exact) mass is 309 g/mol. The lowest BCUT2D eigenvalue weighted by Gasteiger charge is -2.36. The Kier molecular flexibility index (Phi) is 4.02. The first-order chi connectivity index (χ1) is 8.81. The quantitative estimate of drug-likeness (QED) is 0.843. The molecule has 3 heteroatoms. The maximum atomic E-state index is 5.76. The minimum Gasteiger partial charge on any atom is -0.298 e. The second-order valence-electron chi connectivity index (χ2n) is 5.56. The summed E-state index contributed by atoms with van der Waals surface area (Å²) >= 11 is 3.53. The number of benzene rings is 1. The van der Waals surface area contributed by atoms with Crippen LogP contribution in [-0.2, 0) is 4.84 Å². The van der Waals surface area contributed by atoms with Crippen LogP contribution in [0.5, 0.6) is 0 Å². The van der Waals surface area contributed by atoms with E-state index in [1.165, 1.54) is 48.6 Å². The lowest BCUT2D eigenvalue weighted by atomic mass is 9.76. The molecular formula is C15H20BrNO. The summed E-state index contributed by atoms with van der Waals surface area (Å²) in [6.45, 7) is 0. The van der Waals surface area contributed by atoms with Crippen LogP contribution in [0, 0.1) is 0 Å². The van der Waals surface area contributed by atoms with E-state index in [0.29, 0.717) is 18.1 Å². The van der Waals surface area contributed by atoms with Gasteiger partial charge in [-0.25, -0.2) is 0 Å². The normalized spacial score (nSPS) is 28.3. The average Bonchev–Trinajstić information content (AvgIpc) is 2.80. The molecular weight excluding hydrogens is 290 g/mol. The van der Waals surface area contributed by atoms with Gasteiger partial charge in [-0.05, 0) is 49.3 Å². The molecule has 0 bridgehead atoms. The van der Waals surface area contributed by atoms with E-state index in [-0.39, 0.29) is 0 Å². The van der Waals surface area contributed by atoms with Crippen molar-refractivity contribution in [3.05, 3.63) is 34.3 Å². The van der Waals surface area contributed by atoms with E-state index < -0.39 is 0 Å². The van der Waals surface area contributed by atoms with Crippen LogP contribution < -0.4 is 5.48 Å². The maximum absolute atomic E-state index is 5.76. The van der Waals surface area contributed by atoms with Crippen molar-refractivity contribution >= 4 is 15.9 Å². The molecule has 2 aliphatic carbocycles. The lowest BCUT2D eigenvalue weighted by molar-refractivity contribution is -0.0575. The molecule has 0 spiro atoms. The molecule has 0 aliphatic heterocycles. The van der Waals surface area contributed by atoms with E-state index in [2.05, 4.69) is 45.7 Å². The molecule has 1 aromatic rings. The van der Waals surface area contributed by atoms with Gasteiger partial charge in [-0.15, -0.1) is 0 Å². The van der Waals surface area contributed by atoms with Gasteiger partial charge in [0.25, 0.3) is 0 Å². The molecule has 0 aromatic heterocycles. The Hall–Kier alpha value is -0.380. The summed E-state index contributed by atoms with van der Waals surface area (Å²) in [7, 11) is 0. The summed E-state index contributed by atoms with van der Waals surface area (Å²) in [6.07, 6.45) is 7.99. The molecule has 1 N–H and O–H groups in total. The van der Waals surface area contributed by atoms with Crippen molar-refractivity contribution in [1.82, 2.24) is 5.48 Å². The van der Waals surface area contributed by atoms with Crippen molar-refractivity contribution in [1.29, 1.82) is 0 Å². The largest absolute Gasteiger partial charge is 0.298 e. The zero-order valence-corrected chi connectivity index (χ0v) is 12.2. The van der Waals surface area contributed by atoms with Crippen LogP contribution in [0.15, 0.2) is 28.7 Å². The Labute approximate surface area is 117 Å². The van der Waals surface area contributed by atoms with Gasteiger partial charge in [0, 0.05) is 10.5 Å². The second-order valence-corrected chi connectivity index (χ2v) is 6.48. The molecule has 0 heterocycles. The molecule has 2 nitrogen and oxygen atoms in total. The fourth-order valence-electron chi connectivity index (χ4n) is 2.95. The van der Waals surface area contributed by atoms with Gasteiger partial charge in [-0.2, -0.15) is 5.48 Å². The minimum atomic E-state index is 0.468. The van der Waals surface area contributed by atoms with Crippen molar-refractivity contribution in [2.75, 3.05) is 0 Å². The van der Waals surface area contributed by atoms with E-state index >= 15 is 0 Å². The van der Waals surface area contributed by atoms with Gasteiger partial charge in [0.05, 0.1) is 6.10 Å². The topological polar surface area (TPSA) is 21.3 Å². The van der Waals surface area contributed by atoms with Crippen LogP contribution in [0.2, 0.25) is 0 Å². The van der Waals surface area contributed by atoms with E-state index in [1.54, 1.807) is 0 Å². The highest BCUT2D eigenvalue weighted by molar-refractivity contribution is 9.10. The second kappa shape index (κ2) is 5.72. The number of hydrogen-bond donors (Lipinski definition) is 1. The van der Waals surface area contributed by atoms with Crippen LogP contribution in [0.4, 0.5) is 0 Å². The van der Waals surface area contributed by atoms with Gasteiger partial charge in [0.1, 0.15) is 0 Å². The van der Waals surface area contributed by atoms with Crippen LogP contribution in [-0.4, -0.2) is 12.1 Å². The van der Waals surface area contributed by atoms with Gasteiger partial charge in [-0.1, -0.05) is 40.9 Å². The van der Waals surface area contributed by atoms with Crippen molar-refractivity contribution in [3.8, 4) is 0 Å². The molecule has 1 aromatic carbocycles. The third-order valence-corrected chi connectivity index (χ3v) is 4.65. The molecule has 98 valence electrons. The van der Waals surface area contributed by atoms with E-state index in [9.17, 15) is 0 Å². The van der Waals surface area contributed by atoms with Crippen LogP contribution >= 0.6 is 15.9 Å². The van der Waals surface area contributed by atoms with Gasteiger partial charge in [-0.3, -0.25) is 4.84 Å². The Morgan fingerprint density at radius 1 is 1.17 bits per heavy atom. The molecule has 2 fully saturated rings. The Balaban J connectivity index is 1.42. The number of hydroxylamine groups is 1. The number of nitrogens with one attached hydrogen (secondary N) is 1. The number of hydrogen-bond acceptors (Lipinski definition) is 2. The zero-order valence-electron chi connectivity index (χ0n) is 10.6. The molecule has 0 saturated heterocycles.